The summed E-state index contributed by atoms with van der Waals surface area (Å²) in [7, 11) is -3.57. The number of para-hydroxylation sites is 1. The predicted octanol–water partition coefficient (Wildman–Crippen LogP) is 5.34. The van der Waals surface area contributed by atoms with Crippen molar-refractivity contribution in [3.8, 4) is 11.3 Å². The number of benzene rings is 2. The summed E-state index contributed by atoms with van der Waals surface area (Å²) in [5.74, 6) is 0.536. The van der Waals surface area contributed by atoms with Crippen LogP contribution in [0.5, 0.6) is 0 Å². The molecular formula is C30H28N2O6S. The van der Waals surface area contributed by atoms with E-state index in [0.29, 0.717) is 66.4 Å². The van der Waals surface area contributed by atoms with Crippen LogP contribution in [0.2, 0.25) is 0 Å². The number of hydrogen-bond donors (Lipinski definition) is 1. The fraction of sp³-hybridized carbons (Fsp3) is 0.267. The molecule has 0 amide bonds. The molecule has 2 aliphatic rings. The standard InChI is InChI=1S/C30H28N2O6S/c1-19-16-21(29-25(17-19)28(30(33)34)24-4-2-3-5-26(24)31-29)18-22-8-11-27(38-22)20-6-9-23(10-7-20)39(35,36)32-12-14-37-15-13-32/h2-11,18-19H,12-17H2,1H3,(H,33,34)/b21-18+/t19-/m1/s1. The van der Waals surface area contributed by atoms with Gasteiger partial charge >= 0.3 is 5.97 Å². The fourth-order valence-electron chi connectivity index (χ4n) is 5.46. The second kappa shape index (κ2) is 10.1. The summed E-state index contributed by atoms with van der Waals surface area (Å²) in [6.07, 6.45) is 3.33. The molecule has 8 nitrogen and oxygen atoms in total. The second-order valence-corrected chi connectivity index (χ2v) is 12.0. The largest absolute Gasteiger partial charge is 0.478 e. The van der Waals surface area contributed by atoms with Gasteiger partial charge < -0.3 is 14.3 Å². The molecule has 4 aromatic rings. The van der Waals surface area contributed by atoms with E-state index in [1.807, 2.05) is 42.5 Å². The van der Waals surface area contributed by atoms with E-state index in [0.717, 1.165) is 23.1 Å². The van der Waals surface area contributed by atoms with Crippen LogP contribution in [0.1, 0.15) is 40.7 Å². The molecule has 1 fully saturated rings. The first-order valence-electron chi connectivity index (χ1n) is 13.0. The van der Waals surface area contributed by atoms with Gasteiger partial charge in [-0.15, -0.1) is 0 Å². The third kappa shape index (κ3) is 4.78. The van der Waals surface area contributed by atoms with Gasteiger partial charge in [0.25, 0.3) is 0 Å². The lowest BCUT2D eigenvalue weighted by molar-refractivity contribution is 0.0697. The van der Waals surface area contributed by atoms with Crippen LogP contribution in [0.4, 0.5) is 0 Å². The molecule has 1 N–H and O–H groups in total. The summed E-state index contributed by atoms with van der Waals surface area (Å²) in [5, 5.41) is 10.7. The Kier molecular flexibility index (Phi) is 6.58. The summed E-state index contributed by atoms with van der Waals surface area (Å²) in [4.78, 5) is 17.4. The molecular weight excluding hydrogens is 516 g/mol. The van der Waals surface area contributed by atoms with Crippen LogP contribution in [0.3, 0.4) is 0 Å². The van der Waals surface area contributed by atoms with Crippen molar-refractivity contribution in [3.05, 3.63) is 83.2 Å². The lowest BCUT2D eigenvalue weighted by Gasteiger charge is -2.26. The van der Waals surface area contributed by atoms with Crippen LogP contribution in [-0.2, 0) is 21.2 Å². The van der Waals surface area contributed by atoms with Crippen molar-refractivity contribution in [1.82, 2.24) is 9.29 Å². The number of carboxylic acids is 1. The number of morpholine rings is 1. The smallest absolute Gasteiger partial charge is 0.336 e. The zero-order chi connectivity index (χ0) is 27.1. The maximum Gasteiger partial charge on any atom is 0.336 e. The summed E-state index contributed by atoms with van der Waals surface area (Å²) in [5.41, 5.74) is 4.14. The van der Waals surface area contributed by atoms with Crippen molar-refractivity contribution in [2.75, 3.05) is 26.3 Å². The molecule has 1 aliphatic heterocycles. The number of nitrogens with zero attached hydrogens (tertiary/aromatic N) is 2. The number of rotatable bonds is 5. The van der Waals surface area contributed by atoms with Crippen LogP contribution in [0, 0.1) is 5.92 Å². The highest BCUT2D eigenvalue weighted by Gasteiger charge is 2.29. The lowest BCUT2D eigenvalue weighted by atomic mass is 9.81. The van der Waals surface area contributed by atoms with Crippen molar-refractivity contribution in [2.24, 2.45) is 5.92 Å². The highest BCUT2D eigenvalue weighted by atomic mass is 32.2. The van der Waals surface area contributed by atoms with Gasteiger partial charge in [0.15, 0.2) is 0 Å². The quantitative estimate of drug-likeness (QED) is 0.361. The van der Waals surface area contributed by atoms with E-state index in [4.69, 9.17) is 14.1 Å². The number of aromatic carboxylic acids is 1. The Morgan fingerprint density at radius 1 is 1.03 bits per heavy atom. The molecule has 39 heavy (non-hydrogen) atoms. The fourth-order valence-corrected chi connectivity index (χ4v) is 6.87. The first kappa shape index (κ1) is 25.5. The molecule has 0 saturated carbocycles. The number of furan rings is 1. The molecule has 0 radical (unpaired) electrons. The minimum Gasteiger partial charge on any atom is -0.478 e. The monoisotopic (exact) mass is 544 g/mol. The maximum atomic E-state index is 12.9. The normalized spacial score (nSPS) is 19.3. The zero-order valence-corrected chi connectivity index (χ0v) is 22.3. The molecule has 1 aliphatic carbocycles. The highest BCUT2D eigenvalue weighted by molar-refractivity contribution is 7.89. The van der Waals surface area contributed by atoms with Crippen LogP contribution < -0.4 is 0 Å². The summed E-state index contributed by atoms with van der Waals surface area (Å²) in [6, 6.07) is 17.7. The number of carbonyl (C=O) groups is 1. The third-order valence-corrected chi connectivity index (χ3v) is 9.24. The van der Waals surface area contributed by atoms with E-state index in [-0.39, 0.29) is 10.8 Å². The number of aromatic nitrogens is 1. The molecule has 0 bridgehead atoms. The highest BCUT2D eigenvalue weighted by Crippen LogP contribution is 2.39. The molecule has 6 rings (SSSR count). The number of pyridine rings is 1. The van der Waals surface area contributed by atoms with Gasteiger partial charge in [-0.1, -0.05) is 25.1 Å². The number of carboxylic acid groups (broad SMARTS) is 1. The summed E-state index contributed by atoms with van der Waals surface area (Å²) >= 11 is 0. The molecule has 200 valence electrons. The van der Waals surface area contributed by atoms with E-state index in [2.05, 4.69) is 6.92 Å². The van der Waals surface area contributed by atoms with Gasteiger partial charge in [0, 0.05) is 24.0 Å². The van der Waals surface area contributed by atoms with E-state index in [1.54, 1.807) is 24.3 Å². The molecule has 0 spiro atoms. The Morgan fingerprint density at radius 2 is 1.77 bits per heavy atom. The van der Waals surface area contributed by atoms with E-state index in [1.165, 1.54) is 4.31 Å². The van der Waals surface area contributed by atoms with Crippen LogP contribution in [0.25, 0.3) is 33.9 Å². The SMILES string of the molecule is C[C@@H]1C/C(=C\c2ccc(-c3ccc(S(=O)(=O)N4CCOCC4)cc3)o2)c2nc3ccccc3c(C(=O)O)c2C1. The van der Waals surface area contributed by atoms with E-state index >= 15 is 0 Å². The van der Waals surface area contributed by atoms with Gasteiger partial charge in [-0.2, -0.15) is 4.31 Å². The summed E-state index contributed by atoms with van der Waals surface area (Å²) in [6.45, 7) is 3.60. The predicted molar refractivity (Wildman–Crippen MR) is 148 cm³/mol. The molecule has 1 saturated heterocycles. The molecule has 2 aromatic heterocycles. The minimum atomic E-state index is -3.57. The Bertz CT molecular complexity index is 1700. The van der Waals surface area contributed by atoms with Gasteiger partial charge in [0.05, 0.1) is 34.9 Å². The molecule has 1 atom stereocenters. The number of hydrogen-bond acceptors (Lipinski definition) is 6. The Morgan fingerprint density at radius 3 is 2.51 bits per heavy atom. The van der Waals surface area contributed by atoms with Crippen LogP contribution >= 0.6 is 0 Å². The molecule has 0 unspecified atom stereocenters. The Hall–Kier alpha value is -3.79. The Balaban J connectivity index is 1.32. The average molecular weight is 545 g/mol. The van der Waals surface area contributed by atoms with Crippen molar-refractivity contribution in [1.29, 1.82) is 0 Å². The maximum absolute atomic E-state index is 12.9. The van der Waals surface area contributed by atoms with Crippen molar-refractivity contribution in [2.45, 2.75) is 24.7 Å². The van der Waals surface area contributed by atoms with Gasteiger partial charge in [0.1, 0.15) is 11.5 Å². The molecule has 2 aromatic carbocycles. The van der Waals surface area contributed by atoms with Crippen LogP contribution in [0.15, 0.2) is 70.0 Å². The summed E-state index contributed by atoms with van der Waals surface area (Å²) < 4.78 is 38.7. The van der Waals surface area contributed by atoms with Gasteiger partial charge in [-0.25, -0.2) is 18.2 Å². The third-order valence-electron chi connectivity index (χ3n) is 7.32. The molecule has 9 heteroatoms. The van der Waals surface area contributed by atoms with E-state index in [9.17, 15) is 18.3 Å². The minimum absolute atomic E-state index is 0.238. The van der Waals surface area contributed by atoms with Crippen molar-refractivity contribution in [3.63, 3.8) is 0 Å². The first-order valence-corrected chi connectivity index (χ1v) is 14.4. The first-order chi connectivity index (χ1) is 18.8. The van der Waals surface area contributed by atoms with Crippen molar-refractivity contribution >= 4 is 38.5 Å². The Labute approximate surface area is 226 Å². The number of sulfonamides is 1. The molecule has 3 heterocycles. The van der Waals surface area contributed by atoms with Gasteiger partial charge in [-0.3, -0.25) is 0 Å². The number of fused-ring (bicyclic) bond motifs is 2. The number of allylic oxidation sites excluding steroid dienone is 1. The lowest BCUT2D eigenvalue weighted by Crippen LogP contribution is -2.40. The van der Waals surface area contributed by atoms with Gasteiger partial charge in [0.2, 0.25) is 10.0 Å². The second-order valence-electron chi connectivity index (χ2n) is 10.1. The topological polar surface area (TPSA) is 110 Å². The average Bonchev–Trinajstić information content (AvgIpc) is 3.41. The van der Waals surface area contributed by atoms with E-state index < -0.39 is 16.0 Å². The van der Waals surface area contributed by atoms with Gasteiger partial charge in [-0.05, 0) is 78.4 Å². The zero-order valence-electron chi connectivity index (χ0n) is 21.5. The number of ether oxygens (including phenoxy) is 1. The van der Waals surface area contributed by atoms with Crippen LogP contribution in [-0.4, -0.2) is 55.1 Å². The van der Waals surface area contributed by atoms with Crippen molar-refractivity contribution < 1.29 is 27.5 Å².